The fourth-order valence-electron chi connectivity index (χ4n) is 0.368. The number of nitrogens with one attached hydrogen (secondary N) is 1. The summed E-state index contributed by atoms with van der Waals surface area (Å²) in [5, 5.41) is 0. The van der Waals surface area contributed by atoms with Gasteiger partial charge in [-0.1, -0.05) is 27.7 Å². The van der Waals surface area contributed by atoms with Gasteiger partial charge in [0.1, 0.15) is 0 Å². The Kier molecular flexibility index (Phi) is 4.33. The van der Waals surface area contributed by atoms with E-state index in [-0.39, 0.29) is 23.7 Å². The van der Waals surface area contributed by atoms with Crippen molar-refractivity contribution in [2.45, 2.75) is 27.7 Å². The van der Waals surface area contributed by atoms with Crippen LogP contribution in [0.1, 0.15) is 27.7 Å². The number of carbonyl (C=O) groups is 2. The van der Waals surface area contributed by atoms with E-state index in [2.05, 4.69) is 10.9 Å². The van der Waals surface area contributed by atoms with Crippen LogP contribution in [0.15, 0.2) is 0 Å². The SMILES string of the molecule is CC(C)C(=O)[N]NC(=O)C(C)C. The van der Waals surface area contributed by atoms with Crippen LogP contribution in [-0.4, -0.2) is 11.8 Å². The van der Waals surface area contributed by atoms with Gasteiger partial charge in [0.25, 0.3) is 5.91 Å². The number of hydrogen-bond donors (Lipinski definition) is 1. The fourth-order valence-corrected chi connectivity index (χ4v) is 0.368. The molecule has 0 aliphatic heterocycles. The first-order chi connectivity index (χ1) is 5.45. The van der Waals surface area contributed by atoms with Gasteiger partial charge in [-0.25, -0.2) is 5.43 Å². The number of rotatable bonds is 2. The Bertz CT molecular complexity index is 156. The first-order valence-electron chi connectivity index (χ1n) is 3.99. The summed E-state index contributed by atoms with van der Waals surface area (Å²) < 4.78 is 0. The Morgan fingerprint density at radius 3 is 1.92 bits per heavy atom. The van der Waals surface area contributed by atoms with Crippen LogP contribution in [0.25, 0.3) is 0 Å². The van der Waals surface area contributed by atoms with Crippen molar-refractivity contribution in [3.8, 4) is 0 Å². The fraction of sp³-hybridized carbons (Fsp3) is 0.750. The Balaban J connectivity index is 3.69. The third kappa shape index (κ3) is 3.95. The molecule has 4 heteroatoms. The van der Waals surface area contributed by atoms with Crippen LogP contribution in [0, 0.1) is 11.8 Å². The van der Waals surface area contributed by atoms with Gasteiger partial charge < -0.3 is 0 Å². The molecule has 0 heterocycles. The maximum absolute atomic E-state index is 10.9. The Morgan fingerprint density at radius 1 is 1.08 bits per heavy atom. The van der Waals surface area contributed by atoms with Gasteiger partial charge >= 0.3 is 0 Å². The summed E-state index contributed by atoms with van der Waals surface area (Å²) in [6.45, 7) is 6.94. The molecule has 0 aromatic rings. The smallest absolute Gasteiger partial charge is 0.264 e. The van der Waals surface area contributed by atoms with E-state index in [1.165, 1.54) is 0 Å². The van der Waals surface area contributed by atoms with Gasteiger partial charge in [-0.05, 0) is 0 Å². The first-order valence-corrected chi connectivity index (χ1v) is 3.99. The minimum atomic E-state index is -0.302. The van der Waals surface area contributed by atoms with Gasteiger partial charge in [0.15, 0.2) is 0 Å². The van der Waals surface area contributed by atoms with Crippen LogP contribution >= 0.6 is 0 Å². The monoisotopic (exact) mass is 171 g/mol. The van der Waals surface area contributed by atoms with Crippen molar-refractivity contribution in [3.05, 3.63) is 0 Å². The van der Waals surface area contributed by atoms with Gasteiger partial charge in [-0.3, -0.25) is 9.59 Å². The molecule has 0 aliphatic rings. The molecule has 1 radical (unpaired) electrons. The van der Waals surface area contributed by atoms with E-state index in [1.807, 2.05) is 0 Å². The minimum absolute atomic E-state index is 0.145. The van der Waals surface area contributed by atoms with Crippen molar-refractivity contribution >= 4 is 11.8 Å². The van der Waals surface area contributed by atoms with E-state index in [1.54, 1.807) is 27.7 Å². The van der Waals surface area contributed by atoms with Crippen LogP contribution < -0.4 is 10.9 Å². The van der Waals surface area contributed by atoms with Crippen molar-refractivity contribution in [3.63, 3.8) is 0 Å². The van der Waals surface area contributed by atoms with Crippen LogP contribution in [0.4, 0.5) is 0 Å². The van der Waals surface area contributed by atoms with E-state index >= 15 is 0 Å². The van der Waals surface area contributed by atoms with Gasteiger partial charge in [0.2, 0.25) is 5.91 Å². The van der Waals surface area contributed by atoms with Gasteiger partial charge in [0, 0.05) is 11.8 Å². The zero-order chi connectivity index (χ0) is 9.72. The highest BCUT2D eigenvalue weighted by Gasteiger charge is 2.11. The molecular formula is C8H15N2O2. The zero-order valence-electron chi connectivity index (χ0n) is 7.92. The van der Waals surface area contributed by atoms with Crippen LogP contribution in [0.2, 0.25) is 0 Å². The van der Waals surface area contributed by atoms with Gasteiger partial charge in [-0.2, -0.15) is 0 Å². The second-order valence-electron chi connectivity index (χ2n) is 3.24. The van der Waals surface area contributed by atoms with E-state index < -0.39 is 0 Å². The third-order valence-electron chi connectivity index (χ3n) is 1.29. The van der Waals surface area contributed by atoms with Crippen molar-refractivity contribution in [1.29, 1.82) is 0 Å². The Labute approximate surface area is 72.7 Å². The molecule has 4 nitrogen and oxygen atoms in total. The van der Waals surface area contributed by atoms with E-state index in [0.717, 1.165) is 0 Å². The zero-order valence-corrected chi connectivity index (χ0v) is 7.92. The second-order valence-corrected chi connectivity index (χ2v) is 3.24. The first kappa shape index (κ1) is 10.9. The van der Waals surface area contributed by atoms with Crippen LogP contribution in [-0.2, 0) is 9.59 Å². The maximum atomic E-state index is 10.9. The highest BCUT2D eigenvalue weighted by Crippen LogP contribution is 1.92. The normalized spacial score (nSPS) is 10.2. The highest BCUT2D eigenvalue weighted by atomic mass is 16.2. The number of amides is 2. The van der Waals surface area contributed by atoms with Gasteiger partial charge in [0.05, 0.1) is 0 Å². The van der Waals surface area contributed by atoms with Gasteiger partial charge in [-0.15, -0.1) is 5.43 Å². The molecule has 0 atom stereocenters. The van der Waals surface area contributed by atoms with Crippen molar-refractivity contribution in [2.24, 2.45) is 11.8 Å². The second kappa shape index (κ2) is 4.74. The van der Waals surface area contributed by atoms with E-state index in [0.29, 0.717) is 0 Å². The molecule has 2 amide bonds. The van der Waals surface area contributed by atoms with Crippen molar-refractivity contribution in [1.82, 2.24) is 10.9 Å². The van der Waals surface area contributed by atoms with Crippen LogP contribution in [0.5, 0.6) is 0 Å². The topological polar surface area (TPSA) is 60.3 Å². The summed E-state index contributed by atoms with van der Waals surface area (Å²) in [5.74, 6) is -0.848. The predicted octanol–water partition coefficient (Wildman–Crippen LogP) is 0.461. The average molecular weight is 171 g/mol. The van der Waals surface area contributed by atoms with Crippen LogP contribution in [0.3, 0.4) is 0 Å². The molecule has 0 aromatic carbocycles. The number of carbonyl (C=O) groups excluding carboxylic acids is 2. The maximum Gasteiger partial charge on any atom is 0.264 e. The molecule has 69 valence electrons. The third-order valence-corrected chi connectivity index (χ3v) is 1.29. The summed E-state index contributed by atoms with van der Waals surface area (Å²) >= 11 is 0. The summed E-state index contributed by atoms with van der Waals surface area (Å²) in [5.41, 5.74) is 5.61. The minimum Gasteiger partial charge on any atom is -0.273 e. The van der Waals surface area contributed by atoms with E-state index in [9.17, 15) is 9.59 Å². The molecule has 0 spiro atoms. The van der Waals surface area contributed by atoms with Crippen molar-refractivity contribution in [2.75, 3.05) is 0 Å². The molecule has 1 N–H and O–H groups in total. The number of nitrogens with zero attached hydrogens (tertiary/aromatic N) is 1. The molecule has 0 rings (SSSR count). The lowest BCUT2D eigenvalue weighted by Gasteiger charge is -2.07. The molecule has 0 fully saturated rings. The highest BCUT2D eigenvalue weighted by molar-refractivity contribution is 5.83. The molecule has 0 aliphatic carbocycles. The summed E-state index contributed by atoms with van der Waals surface area (Å²) in [7, 11) is 0. The lowest BCUT2D eigenvalue weighted by Crippen LogP contribution is -2.39. The average Bonchev–Trinajstić information content (AvgIpc) is 1.98. The molecular weight excluding hydrogens is 156 g/mol. The van der Waals surface area contributed by atoms with Crippen molar-refractivity contribution < 1.29 is 9.59 Å². The molecule has 0 saturated carbocycles. The summed E-state index contributed by atoms with van der Waals surface area (Å²) in [6, 6.07) is 0. The molecule has 0 saturated heterocycles. The predicted molar refractivity (Wildman–Crippen MR) is 45.0 cm³/mol. The summed E-state index contributed by atoms with van der Waals surface area (Å²) in [4.78, 5) is 21.8. The quantitative estimate of drug-likeness (QED) is 0.613. The number of hydrogen-bond acceptors (Lipinski definition) is 2. The molecule has 0 bridgehead atoms. The molecule has 0 unspecified atom stereocenters. The molecule has 12 heavy (non-hydrogen) atoms. The largest absolute Gasteiger partial charge is 0.273 e. The lowest BCUT2D eigenvalue weighted by molar-refractivity contribution is -0.132. The Morgan fingerprint density at radius 2 is 1.58 bits per heavy atom. The molecule has 0 aromatic heterocycles. The lowest BCUT2D eigenvalue weighted by atomic mass is 10.2. The van der Waals surface area contributed by atoms with E-state index in [4.69, 9.17) is 0 Å². The standard InChI is InChI=1S/C8H15N2O2/c1-5(2)7(11)9-10-8(12)6(3)4/h5-6H,1-4H3,(H,9,11). The summed E-state index contributed by atoms with van der Waals surface area (Å²) in [6.07, 6.45) is 0. The Hall–Kier alpha value is -1.06.